The van der Waals surface area contributed by atoms with Crippen molar-refractivity contribution in [2.45, 2.75) is 12.2 Å². The van der Waals surface area contributed by atoms with Crippen LogP contribution in [0.15, 0.2) is 47.7 Å². The molecule has 29 heavy (non-hydrogen) atoms. The Kier molecular flexibility index (Phi) is 6.18. The van der Waals surface area contributed by atoms with Crippen LogP contribution in [0.5, 0.6) is 0 Å². The summed E-state index contributed by atoms with van der Waals surface area (Å²) in [5, 5.41) is 12.7. The third kappa shape index (κ3) is 5.12. The number of carbonyl (C=O) groups is 1. The van der Waals surface area contributed by atoms with E-state index in [0.29, 0.717) is 0 Å². The van der Waals surface area contributed by atoms with Crippen LogP contribution in [0.25, 0.3) is 5.69 Å². The van der Waals surface area contributed by atoms with Gasteiger partial charge in [-0.3, -0.25) is 0 Å². The number of likely N-dealkylation sites (N-methyl/N-ethyl adjacent to an activating group) is 1. The molecular weight excluding hydrogens is 405 g/mol. The van der Waals surface area contributed by atoms with Gasteiger partial charge in [0.25, 0.3) is 0 Å². The van der Waals surface area contributed by atoms with Crippen molar-refractivity contribution in [2.24, 2.45) is 0 Å². The number of nitrogens with zero attached hydrogens (tertiary/aromatic N) is 4. The molecule has 154 valence electrons. The minimum atomic E-state index is -4.65. The van der Waals surface area contributed by atoms with Crippen LogP contribution in [0.1, 0.15) is 17.2 Å². The predicted octanol–water partition coefficient (Wildman–Crippen LogP) is 3.77. The Hall–Kier alpha value is -2.92. The molecule has 0 aliphatic carbocycles. The number of urea groups is 1. The first kappa shape index (κ1) is 20.8. The zero-order valence-corrected chi connectivity index (χ0v) is 16.5. The standard InChI is InChI=1S/C18H19F3N6OS/c1-26(2)16(12-5-6-29-9-12)8-23-17(28)25-15-4-3-13(27-11-22-10-24-27)7-14(15)18(19,20)21/h3-7,9-11,16H,8H2,1-2H3,(H2,23,25,28)/t16-/m0/s1. The Labute approximate surface area is 169 Å². The number of nitrogens with one attached hydrogen (secondary N) is 2. The minimum Gasteiger partial charge on any atom is -0.336 e. The van der Waals surface area contributed by atoms with E-state index in [1.807, 2.05) is 35.8 Å². The number of hydrogen-bond donors (Lipinski definition) is 2. The second kappa shape index (κ2) is 8.62. The molecule has 3 rings (SSSR count). The van der Waals surface area contributed by atoms with E-state index in [1.165, 1.54) is 40.8 Å². The van der Waals surface area contributed by atoms with Crippen molar-refractivity contribution in [3.8, 4) is 5.69 Å². The van der Waals surface area contributed by atoms with Crippen LogP contribution in [0.2, 0.25) is 0 Å². The molecule has 0 unspecified atom stereocenters. The molecule has 0 spiro atoms. The van der Waals surface area contributed by atoms with E-state index in [2.05, 4.69) is 20.7 Å². The third-order valence-corrected chi connectivity index (χ3v) is 4.95. The van der Waals surface area contributed by atoms with Gasteiger partial charge in [-0.05, 0) is 54.7 Å². The van der Waals surface area contributed by atoms with Gasteiger partial charge in [-0.2, -0.15) is 29.6 Å². The molecule has 11 heteroatoms. The molecule has 1 atom stereocenters. The number of hydrogen-bond acceptors (Lipinski definition) is 5. The molecule has 0 saturated heterocycles. The van der Waals surface area contributed by atoms with Crippen molar-refractivity contribution >= 4 is 23.1 Å². The summed E-state index contributed by atoms with van der Waals surface area (Å²) in [7, 11) is 3.74. The number of halogens is 3. The second-order valence-electron chi connectivity index (χ2n) is 6.44. The lowest BCUT2D eigenvalue weighted by atomic mass is 10.1. The highest BCUT2D eigenvalue weighted by molar-refractivity contribution is 7.07. The number of aromatic nitrogens is 3. The van der Waals surface area contributed by atoms with Crippen LogP contribution >= 0.6 is 11.3 Å². The molecule has 0 radical (unpaired) electrons. The van der Waals surface area contributed by atoms with Gasteiger partial charge >= 0.3 is 12.2 Å². The number of rotatable bonds is 6. The monoisotopic (exact) mass is 424 g/mol. The summed E-state index contributed by atoms with van der Waals surface area (Å²) in [6, 6.07) is 4.67. The minimum absolute atomic E-state index is 0.0937. The topological polar surface area (TPSA) is 75.1 Å². The Morgan fingerprint density at radius 2 is 2.10 bits per heavy atom. The van der Waals surface area contributed by atoms with Gasteiger partial charge in [0.15, 0.2) is 0 Å². The lowest BCUT2D eigenvalue weighted by Crippen LogP contribution is -2.37. The normalized spacial score (nSPS) is 12.8. The average Bonchev–Trinajstić information content (AvgIpc) is 3.35. The van der Waals surface area contributed by atoms with Gasteiger partial charge in [-0.1, -0.05) is 0 Å². The summed E-state index contributed by atoms with van der Waals surface area (Å²) in [6.07, 6.45) is -2.13. The zero-order chi connectivity index (χ0) is 21.0. The Bertz CT molecular complexity index is 941. The van der Waals surface area contributed by atoms with Crippen molar-refractivity contribution in [3.63, 3.8) is 0 Å². The molecule has 2 N–H and O–H groups in total. The van der Waals surface area contributed by atoms with Crippen LogP contribution in [0, 0.1) is 0 Å². The largest absolute Gasteiger partial charge is 0.418 e. The summed E-state index contributed by atoms with van der Waals surface area (Å²) < 4.78 is 41.7. The average molecular weight is 424 g/mol. The van der Waals surface area contributed by atoms with E-state index in [9.17, 15) is 18.0 Å². The molecule has 0 fully saturated rings. The van der Waals surface area contributed by atoms with Gasteiger partial charge in [0.2, 0.25) is 0 Å². The number of benzene rings is 1. The molecule has 2 aromatic heterocycles. The first-order valence-corrected chi connectivity index (χ1v) is 9.49. The van der Waals surface area contributed by atoms with Crippen LogP contribution in [0.4, 0.5) is 23.7 Å². The van der Waals surface area contributed by atoms with Gasteiger partial charge < -0.3 is 15.5 Å². The van der Waals surface area contributed by atoms with Crippen molar-refractivity contribution < 1.29 is 18.0 Å². The lowest BCUT2D eigenvalue weighted by Gasteiger charge is -2.24. The van der Waals surface area contributed by atoms with Gasteiger partial charge in [0, 0.05) is 6.54 Å². The highest BCUT2D eigenvalue weighted by atomic mass is 32.1. The van der Waals surface area contributed by atoms with Crippen LogP contribution in [-0.4, -0.2) is 46.3 Å². The molecule has 0 aliphatic rings. The lowest BCUT2D eigenvalue weighted by molar-refractivity contribution is -0.136. The number of carbonyl (C=O) groups excluding carboxylic acids is 1. The maximum absolute atomic E-state index is 13.5. The third-order valence-electron chi connectivity index (χ3n) is 4.25. The molecule has 0 saturated carbocycles. The van der Waals surface area contributed by atoms with Gasteiger partial charge in [0.1, 0.15) is 12.7 Å². The zero-order valence-electron chi connectivity index (χ0n) is 15.6. The van der Waals surface area contributed by atoms with Crippen molar-refractivity contribution in [1.29, 1.82) is 0 Å². The maximum Gasteiger partial charge on any atom is 0.418 e. The molecule has 2 amide bonds. The van der Waals surface area contributed by atoms with E-state index in [4.69, 9.17) is 0 Å². The van der Waals surface area contributed by atoms with Gasteiger partial charge in [-0.25, -0.2) is 14.5 Å². The Morgan fingerprint density at radius 1 is 1.31 bits per heavy atom. The maximum atomic E-state index is 13.5. The number of anilines is 1. The molecule has 0 bridgehead atoms. The van der Waals surface area contributed by atoms with Crippen LogP contribution in [-0.2, 0) is 6.18 Å². The van der Waals surface area contributed by atoms with Gasteiger partial charge in [0.05, 0.1) is 23.0 Å². The van der Waals surface area contributed by atoms with Crippen molar-refractivity contribution in [2.75, 3.05) is 26.0 Å². The summed E-state index contributed by atoms with van der Waals surface area (Å²) >= 11 is 1.54. The highest BCUT2D eigenvalue weighted by Crippen LogP contribution is 2.36. The summed E-state index contributed by atoms with van der Waals surface area (Å²) in [5.74, 6) is 0. The Morgan fingerprint density at radius 3 is 2.69 bits per heavy atom. The first-order chi connectivity index (χ1) is 13.8. The molecule has 2 heterocycles. The summed E-state index contributed by atoms with van der Waals surface area (Å²) in [5.41, 5.74) is -0.0992. The predicted molar refractivity (Wildman–Crippen MR) is 104 cm³/mol. The quantitative estimate of drug-likeness (QED) is 0.632. The van der Waals surface area contributed by atoms with E-state index >= 15 is 0 Å². The highest BCUT2D eigenvalue weighted by Gasteiger charge is 2.34. The van der Waals surface area contributed by atoms with Gasteiger partial charge in [-0.15, -0.1) is 0 Å². The summed E-state index contributed by atoms with van der Waals surface area (Å²) in [6.45, 7) is 0.244. The van der Waals surface area contributed by atoms with Crippen LogP contribution < -0.4 is 10.6 Å². The second-order valence-corrected chi connectivity index (χ2v) is 7.22. The van der Waals surface area contributed by atoms with E-state index in [-0.39, 0.29) is 24.0 Å². The molecule has 0 aliphatic heterocycles. The number of thiophene rings is 1. The SMILES string of the molecule is CN(C)[C@@H](CNC(=O)Nc1ccc(-n2cncn2)cc1C(F)(F)F)c1ccsc1. The van der Waals surface area contributed by atoms with Crippen molar-refractivity contribution in [1.82, 2.24) is 25.0 Å². The van der Waals surface area contributed by atoms with E-state index in [0.717, 1.165) is 11.6 Å². The fourth-order valence-corrected chi connectivity index (χ4v) is 3.49. The number of amides is 2. The molecule has 3 aromatic rings. The molecule has 1 aromatic carbocycles. The first-order valence-electron chi connectivity index (χ1n) is 8.55. The fraction of sp³-hybridized carbons (Fsp3) is 0.278. The molecule has 7 nitrogen and oxygen atoms in total. The van der Waals surface area contributed by atoms with Crippen molar-refractivity contribution in [3.05, 3.63) is 58.8 Å². The summed E-state index contributed by atoms with van der Waals surface area (Å²) in [4.78, 5) is 17.9. The van der Waals surface area contributed by atoms with E-state index < -0.39 is 17.8 Å². The van der Waals surface area contributed by atoms with Crippen LogP contribution in [0.3, 0.4) is 0 Å². The fourth-order valence-electron chi connectivity index (χ4n) is 2.78. The smallest absolute Gasteiger partial charge is 0.336 e. The van der Waals surface area contributed by atoms with E-state index in [1.54, 1.807) is 0 Å². The molecular formula is C18H19F3N6OS. The Balaban J connectivity index is 1.74. The number of alkyl halides is 3.